The maximum Gasteiger partial charge on any atom is 0.262 e. The molecule has 0 unspecified atom stereocenters. The average Bonchev–Trinajstić information content (AvgIpc) is 2.70. The molecule has 158 valence electrons. The summed E-state index contributed by atoms with van der Waals surface area (Å²) in [7, 11) is -1.62. The monoisotopic (exact) mass is 419 g/mol. The first-order chi connectivity index (χ1) is 13.9. The molecule has 3 rings (SSSR count). The summed E-state index contributed by atoms with van der Waals surface area (Å²) in [5, 5.41) is 0. The van der Waals surface area contributed by atoms with E-state index in [2.05, 4.69) is 21.6 Å². The van der Waals surface area contributed by atoms with E-state index in [1.54, 1.807) is 18.2 Å². The molecule has 1 heterocycles. The van der Waals surface area contributed by atoms with Crippen LogP contribution < -0.4 is 19.1 Å². The van der Waals surface area contributed by atoms with Gasteiger partial charge in [0, 0.05) is 43.6 Å². The fourth-order valence-corrected chi connectivity index (χ4v) is 4.29. The van der Waals surface area contributed by atoms with Gasteiger partial charge in [0.15, 0.2) is 11.5 Å². The lowest BCUT2D eigenvalue weighted by molar-refractivity contribution is 0.287. The van der Waals surface area contributed by atoms with Gasteiger partial charge in [-0.25, -0.2) is 8.42 Å². The molecule has 0 amide bonds. The predicted molar refractivity (Wildman–Crippen MR) is 116 cm³/mol. The highest BCUT2D eigenvalue weighted by Crippen LogP contribution is 2.31. The van der Waals surface area contributed by atoms with Crippen molar-refractivity contribution in [2.45, 2.75) is 18.7 Å². The molecule has 1 N–H and O–H groups in total. The summed E-state index contributed by atoms with van der Waals surface area (Å²) in [6.45, 7) is 8.59. The molecule has 0 atom stereocenters. The summed E-state index contributed by atoms with van der Waals surface area (Å²) in [6, 6.07) is 12.1. The number of piperazine rings is 1. The lowest BCUT2D eigenvalue weighted by Crippen LogP contribution is -2.44. The lowest BCUT2D eigenvalue weighted by atomic mass is 10.2. The van der Waals surface area contributed by atoms with Gasteiger partial charge in [-0.3, -0.25) is 4.72 Å². The second-order valence-electron chi connectivity index (χ2n) is 6.92. The number of rotatable bonds is 8. The van der Waals surface area contributed by atoms with Crippen LogP contribution in [0, 0.1) is 0 Å². The van der Waals surface area contributed by atoms with Crippen LogP contribution in [0.3, 0.4) is 0 Å². The molecule has 29 heavy (non-hydrogen) atoms. The zero-order valence-corrected chi connectivity index (χ0v) is 18.0. The zero-order chi connectivity index (χ0) is 20.9. The molecule has 0 radical (unpaired) electrons. The van der Waals surface area contributed by atoms with Crippen molar-refractivity contribution >= 4 is 21.4 Å². The van der Waals surface area contributed by atoms with E-state index in [-0.39, 0.29) is 4.90 Å². The summed E-state index contributed by atoms with van der Waals surface area (Å²) in [5.74, 6) is 0.951. The topological polar surface area (TPSA) is 71.1 Å². The van der Waals surface area contributed by atoms with Gasteiger partial charge in [-0.2, -0.15) is 0 Å². The summed E-state index contributed by atoms with van der Waals surface area (Å²) >= 11 is 0. The Kier molecular flexibility index (Phi) is 6.87. The van der Waals surface area contributed by atoms with Crippen molar-refractivity contribution in [1.82, 2.24) is 4.90 Å². The van der Waals surface area contributed by atoms with Crippen LogP contribution in [-0.2, 0) is 10.0 Å². The summed E-state index contributed by atoms with van der Waals surface area (Å²) < 4.78 is 39.3. The Balaban J connectivity index is 1.74. The van der Waals surface area contributed by atoms with Crippen LogP contribution in [0.1, 0.15) is 13.8 Å². The Bertz CT molecular complexity index is 908. The highest BCUT2D eigenvalue weighted by molar-refractivity contribution is 7.92. The van der Waals surface area contributed by atoms with Crippen LogP contribution in [0.2, 0.25) is 0 Å². The first kappa shape index (κ1) is 21.3. The van der Waals surface area contributed by atoms with E-state index in [4.69, 9.17) is 9.47 Å². The minimum absolute atomic E-state index is 0.132. The van der Waals surface area contributed by atoms with Crippen molar-refractivity contribution < 1.29 is 17.9 Å². The van der Waals surface area contributed by atoms with E-state index >= 15 is 0 Å². The third-order valence-corrected chi connectivity index (χ3v) is 6.19. The van der Waals surface area contributed by atoms with Gasteiger partial charge in [0.1, 0.15) is 0 Å². The molecule has 1 fully saturated rings. The van der Waals surface area contributed by atoms with Crippen LogP contribution in [0.5, 0.6) is 11.5 Å². The van der Waals surface area contributed by atoms with E-state index in [1.165, 1.54) is 12.1 Å². The highest BCUT2D eigenvalue weighted by atomic mass is 32.2. The maximum atomic E-state index is 12.8. The van der Waals surface area contributed by atoms with E-state index in [1.807, 2.05) is 26.0 Å². The Hall–Kier alpha value is -2.45. The van der Waals surface area contributed by atoms with Crippen molar-refractivity contribution in [3.8, 4) is 11.5 Å². The number of nitrogens with one attached hydrogen (secondary N) is 1. The Morgan fingerprint density at radius 1 is 0.897 bits per heavy atom. The highest BCUT2D eigenvalue weighted by Gasteiger charge is 2.18. The Morgan fingerprint density at radius 2 is 1.52 bits per heavy atom. The number of ether oxygens (including phenoxy) is 2. The maximum absolute atomic E-state index is 12.8. The van der Waals surface area contributed by atoms with Crippen LogP contribution >= 0.6 is 0 Å². The van der Waals surface area contributed by atoms with E-state index in [0.717, 1.165) is 31.9 Å². The van der Waals surface area contributed by atoms with Gasteiger partial charge < -0.3 is 19.3 Å². The summed E-state index contributed by atoms with van der Waals surface area (Å²) in [4.78, 5) is 4.73. The second kappa shape index (κ2) is 9.37. The number of likely N-dealkylation sites (N-methyl/N-ethyl adjacent to an activating group) is 1. The third kappa shape index (κ3) is 5.33. The fourth-order valence-electron chi connectivity index (χ4n) is 3.22. The molecular formula is C21H29N3O4S. The SMILES string of the molecule is CCOc1ccc(S(=O)(=O)Nc2ccc(N3CCN(C)CC3)cc2)cc1OCC. The van der Waals surface area contributed by atoms with Gasteiger partial charge in [0.05, 0.1) is 18.1 Å². The molecule has 0 bridgehead atoms. The normalized spacial score (nSPS) is 15.2. The average molecular weight is 420 g/mol. The summed E-state index contributed by atoms with van der Waals surface area (Å²) in [6.07, 6.45) is 0. The van der Waals surface area contributed by atoms with Crippen molar-refractivity contribution in [2.75, 3.05) is 56.1 Å². The van der Waals surface area contributed by atoms with Gasteiger partial charge in [0.25, 0.3) is 10.0 Å². The molecule has 7 nitrogen and oxygen atoms in total. The minimum Gasteiger partial charge on any atom is -0.490 e. The van der Waals surface area contributed by atoms with Gasteiger partial charge >= 0.3 is 0 Å². The van der Waals surface area contributed by atoms with Crippen LogP contribution in [0.15, 0.2) is 47.4 Å². The van der Waals surface area contributed by atoms with Crippen molar-refractivity contribution in [2.24, 2.45) is 0 Å². The first-order valence-electron chi connectivity index (χ1n) is 9.89. The smallest absolute Gasteiger partial charge is 0.262 e. The molecule has 0 aromatic heterocycles. The molecular weight excluding hydrogens is 390 g/mol. The predicted octanol–water partition coefficient (Wildman–Crippen LogP) is 3.04. The molecule has 1 aliphatic heterocycles. The van der Waals surface area contributed by atoms with Gasteiger partial charge in [0.2, 0.25) is 0 Å². The number of nitrogens with zero attached hydrogens (tertiary/aromatic N) is 2. The van der Waals surface area contributed by atoms with Crippen LogP contribution in [0.25, 0.3) is 0 Å². The molecule has 0 saturated carbocycles. The molecule has 1 saturated heterocycles. The molecule has 1 aliphatic rings. The fraction of sp³-hybridized carbons (Fsp3) is 0.429. The Labute approximate surface area is 173 Å². The molecule has 0 aliphatic carbocycles. The number of benzene rings is 2. The van der Waals surface area contributed by atoms with Crippen molar-refractivity contribution in [3.63, 3.8) is 0 Å². The van der Waals surface area contributed by atoms with E-state index in [9.17, 15) is 8.42 Å². The van der Waals surface area contributed by atoms with Crippen molar-refractivity contribution in [3.05, 3.63) is 42.5 Å². The van der Waals surface area contributed by atoms with Crippen LogP contribution in [-0.4, -0.2) is 59.8 Å². The van der Waals surface area contributed by atoms with E-state index in [0.29, 0.717) is 30.4 Å². The Morgan fingerprint density at radius 3 is 2.14 bits per heavy atom. The van der Waals surface area contributed by atoms with Crippen molar-refractivity contribution in [1.29, 1.82) is 0 Å². The van der Waals surface area contributed by atoms with Gasteiger partial charge in [-0.15, -0.1) is 0 Å². The minimum atomic E-state index is -3.74. The van der Waals surface area contributed by atoms with Gasteiger partial charge in [-0.1, -0.05) is 0 Å². The molecule has 2 aromatic rings. The molecule has 0 spiro atoms. The zero-order valence-electron chi connectivity index (χ0n) is 17.2. The number of hydrogen-bond acceptors (Lipinski definition) is 6. The first-order valence-corrected chi connectivity index (χ1v) is 11.4. The lowest BCUT2D eigenvalue weighted by Gasteiger charge is -2.34. The second-order valence-corrected chi connectivity index (χ2v) is 8.60. The van der Waals surface area contributed by atoms with Gasteiger partial charge in [-0.05, 0) is 57.3 Å². The number of sulfonamides is 1. The standard InChI is InChI=1S/C21H29N3O4S/c1-4-27-20-11-10-19(16-21(20)28-5-2)29(25,26)22-17-6-8-18(9-7-17)24-14-12-23(3)13-15-24/h6-11,16,22H,4-5,12-15H2,1-3H3. The largest absolute Gasteiger partial charge is 0.490 e. The third-order valence-electron chi connectivity index (χ3n) is 4.81. The molecule has 2 aromatic carbocycles. The van der Waals surface area contributed by atoms with E-state index < -0.39 is 10.0 Å². The summed E-state index contributed by atoms with van der Waals surface area (Å²) in [5.41, 5.74) is 1.62. The quantitative estimate of drug-likeness (QED) is 0.709. The molecule has 8 heteroatoms. The number of anilines is 2. The number of hydrogen-bond donors (Lipinski definition) is 1. The van der Waals surface area contributed by atoms with Crippen LogP contribution in [0.4, 0.5) is 11.4 Å².